The molecule has 0 fully saturated rings. The molecule has 0 radical (unpaired) electrons. The smallest absolute Gasteiger partial charge is 0.265 e. The van der Waals surface area contributed by atoms with Gasteiger partial charge in [-0.2, -0.15) is 0 Å². The highest BCUT2D eigenvalue weighted by Crippen LogP contribution is 2.27. The molecule has 2 aromatic rings. The summed E-state index contributed by atoms with van der Waals surface area (Å²) in [5, 5.41) is 2.91. The molecule has 0 unspecified atom stereocenters. The van der Waals surface area contributed by atoms with Crippen LogP contribution in [0.4, 0.5) is 5.69 Å². The highest BCUT2D eigenvalue weighted by atomic mass is 32.2. The molecule has 0 aromatic heterocycles. The Morgan fingerprint density at radius 2 is 1.91 bits per heavy atom. The fourth-order valence-electron chi connectivity index (χ4n) is 2.12. The summed E-state index contributed by atoms with van der Waals surface area (Å²) in [6, 6.07) is 15.0. The summed E-state index contributed by atoms with van der Waals surface area (Å²) in [5.41, 5.74) is 0.768. The third-order valence-corrected chi connectivity index (χ3v) is 4.06. The Bertz CT molecular complexity index is 660. The van der Waals surface area contributed by atoms with Crippen molar-refractivity contribution in [3.05, 3.63) is 48.5 Å². The zero-order chi connectivity index (χ0) is 16.7. The van der Waals surface area contributed by atoms with E-state index in [1.807, 2.05) is 55.6 Å². The second-order valence-corrected chi connectivity index (χ2v) is 5.77. The van der Waals surface area contributed by atoms with Crippen LogP contribution in [0.2, 0.25) is 0 Å². The van der Waals surface area contributed by atoms with Gasteiger partial charge in [0.25, 0.3) is 5.91 Å². The maximum Gasteiger partial charge on any atom is 0.265 e. The van der Waals surface area contributed by atoms with Gasteiger partial charge < -0.3 is 14.8 Å². The molecule has 1 atom stereocenters. The topological polar surface area (TPSA) is 47.6 Å². The predicted octanol–water partition coefficient (Wildman–Crippen LogP) is 4.21. The first kappa shape index (κ1) is 17.2. The average Bonchev–Trinajstić information content (AvgIpc) is 2.60. The number of amides is 1. The van der Waals surface area contributed by atoms with Gasteiger partial charge in [-0.25, -0.2) is 0 Å². The van der Waals surface area contributed by atoms with Crippen molar-refractivity contribution in [2.45, 2.75) is 24.3 Å². The van der Waals surface area contributed by atoms with E-state index in [0.717, 1.165) is 10.6 Å². The van der Waals surface area contributed by atoms with Gasteiger partial charge in [0.05, 0.1) is 7.11 Å². The molecule has 2 aromatic carbocycles. The molecular formula is C18H21NO3S. The van der Waals surface area contributed by atoms with Crippen LogP contribution in [-0.2, 0) is 4.79 Å². The van der Waals surface area contributed by atoms with Gasteiger partial charge >= 0.3 is 0 Å². The molecule has 4 nitrogen and oxygen atoms in total. The van der Waals surface area contributed by atoms with Crippen LogP contribution in [-0.4, -0.2) is 25.4 Å². The molecule has 0 saturated heterocycles. The van der Waals surface area contributed by atoms with Crippen molar-refractivity contribution < 1.29 is 14.3 Å². The zero-order valence-electron chi connectivity index (χ0n) is 13.5. The molecule has 0 saturated carbocycles. The Morgan fingerprint density at radius 3 is 2.57 bits per heavy atom. The lowest BCUT2D eigenvalue weighted by atomic mass is 10.2. The normalized spacial score (nSPS) is 11.6. The number of carbonyl (C=O) groups excluding carboxylic acids is 1. The van der Waals surface area contributed by atoms with E-state index < -0.39 is 6.10 Å². The van der Waals surface area contributed by atoms with Crippen molar-refractivity contribution in [1.29, 1.82) is 0 Å². The maximum atomic E-state index is 12.5. The number of anilines is 1. The minimum atomic E-state index is -0.579. The van der Waals surface area contributed by atoms with Gasteiger partial charge in [-0.15, -0.1) is 11.8 Å². The second kappa shape index (κ2) is 8.48. The lowest BCUT2D eigenvalue weighted by Crippen LogP contribution is -2.32. The van der Waals surface area contributed by atoms with Gasteiger partial charge in [0, 0.05) is 10.6 Å². The standard InChI is InChI=1S/C18H21NO3S/c1-4-15(22-17-11-6-5-10-16(17)21-2)18(20)19-13-8-7-9-14(12-13)23-3/h5-12,15H,4H2,1-3H3,(H,19,20)/t15-/m0/s1. The maximum absolute atomic E-state index is 12.5. The van der Waals surface area contributed by atoms with Crippen molar-refractivity contribution in [3.63, 3.8) is 0 Å². The number of hydrogen-bond acceptors (Lipinski definition) is 4. The van der Waals surface area contributed by atoms with Crippen LogP contribution in [0.25, 0.3) is 0 Å². The third-order valence-electron chi connectivity index (χ3n) is 3.34. The quantitative estimate of drug-likeness (QED) is 0.772. The molecule has 122 valence electrons. The molecule has 0 heterocycles. The zero-order valence-corrected chi connectivity index (χ0v) is 14.4. The van der Waals surface area contributed by atoms with Gasteiger partial charge in [-0.3, -0.25) is 4.79 Å². The number of nitrogens with one attached hydrogen (secondary N) is 1. The molecule has 0 aliphatic rings. The molecule has 0 aliphatic carbocycles. The van der Waals surface area contributed by atoms with Crippen LogP contribution in [0.15, 0.2) is 53.4 Å². The molecular weight excluding hydrogens is 310 g/mol. The number of hydrogen-bond donors (Lipinski definition) is 1. The van der Waals surface area contributed by atoms with Crippen molar-refractivity contribution >= 4 is 23.4 Å². The molecule has 1 N–H and O–H groups in total. The first-order valence-corrected chi connectivity index (χ1v) is 8.65. The lowest BCUT2D eigenvalue weighted by molar-refractivity contribution is -0.122. The molecule has 0 bridgehead atoms. The molecule has 5 heteroatoms. The second-order valence-electron chi connectivity index (χ2n) is 4.89. The van der Waals surface area contributed by atoms with Crippen LogP contribution < -0.4 is 14.8 Å². The predicted molar refractivity (Wildman–Crippen MR) is 94.6 cm³/mol. The van der Waals surface area contributed by atoms with E-state index in [1.165, 1.54) is 0 Å². The largest absolute Gasteiger partial charge is 0.493 e. The van der Waals surface area contributed by atoms with E-state index in [0.29, 0.717) is 17.9 Å². The molecule has 2 rings (SSSR count). The minimum absolute atomic E-state index is 0.170. The van der Waals surface area contributed by atoms with E-state index in [1.54, 1.807) is 24.9 Å². The van der Waals surface area contributed by atoms with E-state index in [2.05, 4.69) is 5.32 Å². The van der Waals surface area contributed by atoms with E-state index >= 15 is 0 Å². The highest BCUT2D eigenvalue weighted by Gasteiger charge is 2.20. The number of ether oxygens (including phenoxy) is 2. The Kier molecular flexibility index (Phi) is 6.35. The molecule has 1 amide bonds. The van der Waals surface area contributed by atoms with E-state index in [4.69, 9.17) is 9.47 Å². The average molecular weight is 331 g/mol. The Balaban J connectivity index is 2.09. The SMILES string of the molecule is CC[C@H](Oc1ccccc1OC)C(=O)Nc1cccc(SC)c1. The fraction of sp³-hybridized carbons (Fsp3) is 0.278. The van der Waals surface area contributed by atoms with Gasteiger partial charge in [0.2, 0.25) is 0 Å². The Labute approximate surface area is 141 Å². The van der Waals surface area contributed by atoms with Gasteiger partial charge in [0.1, 0.15) is 0 Å². The van der Waals surface area contributed by atoms with Crippen molar-refractivity contribution in [3.8, 4) is 11.5 Å². The van der Waals surface area contributed by atoms with Crippen molar-refractivity contribution in [1.82, 2.24) is 0 Å². The number of para-hydroxylation sites is 2. The lowest BCUT2D eigenvalue weighted by Gasteiger charge is -2.19. The van der Waals surface area contributed by atoms with Gasteiger partial charge in [-0.1, -0.05) is 25.1 Å². The number of thioether (sulfide) groups is 1. The summed E-state index contributed by atoms with van der Waals surface area (Å²) in [5.74, 6) is 1.01. The number of carbonyl (C=O) groups is 1. The number of rotatable bonds is 7. The van der Waals surface area contributed by atoms with Crippen LogP contribution in [0.5, 0.6) is 11.5 Å². The van der Waals surface area contributed by atoms with Crippen molar-refractivity contribution in [2.75, 3.05) is 18.7 Å². The van der Waals surface area contributed by atoms with E-state index in [-0.39, 0.29) is 5.91 Å². The van der Waals surface area contributed by atoms with E-state index in [9.17, 15) is 4.79 Å². The minimum Gasteiger partial charge on any atom is -0.493 e. The number of benzene rings is 2. The van der Waals surface area contributed by atoms with Gasteiger partial charge in [0.15, 0.2) is 17.6 Å². The summed E-state index contributed by atoms with van der Waals surface area (Å²) < 4.78 is 11.1. The summed E-state index contributed by atoms with van der Waals surface area (Å²) in [6.45, 7) is 1.91. The van der Waals surface area contributed by atoms with Crippen molar-refractivity contribution in [2.24, 2.45) is 0 Å². The first-order chi connectivity index (χ1) is 11.2. The fourth-order valence-corrected chi connectivity index (χ4v) is 2.57. The van der Waals surface area contributed by atoms with Crippen LogP contribution in [0.1, 0.15) is 13.3 Å². The Hall–Kier alpha value is -2.14. The summed E-state index contributed by atoms with van der Waals surface area (Å²) in [6.07, 6.45) is 1.98. The monoisotopic (exact) mass is 331 g/mol. The van der Waals surface area contributed by atoms with Crippen LogP contribution in [0.3, 0.4) is 0 Å². The highest BCUT2D eigenvalue weighted by molar-refractivity contribution is 7.98. The first-order valence-electron chi connectivity index (χ1n) is 7.42. The van der Waals surface area contributed by atoms with Crippen LogP contribution in [0, 0.1) is 0 Å². The third kappa shape index (κ3) is 4.66. The molecule has 23 heavy (non-hydrogen) atoms. The summed E-state index contributed by atoms with van der Waals surface area (Å²) in [4.78, 5) is 13.6. The summed E-state index contributed by atoms with van der Waals surface area (Å²) >= 11 is 1.63. The molecule has 0 aliphatic heterocycles. The number of methoxy groups -OCH3 is 1. The Morgan fingerprint density at radius 1 is 1.17 bits per heavy atom. The summed E-state index contributed by atoms with van der Waals surface area (Å²) in [7, 11) is 1.58. The molecule has 0 spiro atoms. The van der Waals surface area contributed by atoms with Gasteiger partial charge in [-0.05, 0) is 43.0 Å². The van der Waals surface area contributed by atoms with Crippen LogP contribution >= 0.6 is 11.8 Å².